The van der Waals surface area contributed by atoms with E-state index in [0.717, 1.165) is 25.1 Å². The molecule has 0 bridgehead atoms. The van der Waals surface area contributed by atoms with E-state index in [4.69, 9.17) is 0 Å². The number of amides is 2. The molecule has 2 amide bonds. The third-order valence-corrected chi connectivity index (χ3v) is 4.54. The van der Waals surface area contributed by atoms with Crippen molar-refractivity contribution in [2.75, 3.05) is 25.0 Å². The molecule has 1 aromatic rings. The third kappa shape index (κ3) is 5.25. The average Bonchev–Trinajstić information content (AvgIpc) is 2.57. The number of nitrogens with one attached hydrogen (secondary N) is 2. The number of rotatable bonds is 7. The lowest BCUT2D eigenvalue weighted by atomic mass is 9.92. The Morgan fingerprint density at radius 1 is 1.33 bits per heavy atom. The second-order valence-electron chi connectivity index (χ2n) is 6.81. The minimum Gasteiger partial charge on any atom is -0.375 e. The van der Waals surface area contributed by atoms with Gasteiger partial charge in [0.15, 0.2) is 0 Å². The van der Waals surface area contributed by atoms with Crippen molar-refractivity contribution in [2.24, 2.45) is 5.92 Å². The maximum Gasteiger partial charge on any atom is 0.251 e. The second-order valence-corrected chi connectivity index (χ2v) is 6.81. The molecule has 0 radical (unpaired) electrons. The van der Waals surface area contributed by atoms with Gasteiger partial charge in [0, 0.05) is 43.9 Å². The van der Waals surface area contributed by atoms with E-state index in [1.165, 1.54) is 6.42 Å². The van der Waals surface area contributed by atoms with Crippen LogP contribution in [0.5, 0.6) is 0 Å². The van der Waals surface area contributed by atoms with Gasteiger partial charge in [0.25, 0.3) is 5.91 Å². The Morgan fingerprint density at radius 3 is 2.67 bits per heavy atom. The molecule has 1 aliphatic rings. The number of hydrogen-bond acceptors (Lipinski definition) is 3. The highest BCUT2D eigenvalue weighted by molar-refractivity contribution is 5.94. The summed E-state index contributed by atoms with van der Waals surface area (Å²) in [4.78, 5) is 26.0. The van der Waals surface area contributed by atoms with Crippen LogP contribution in [0, 0.1) is 5.92 Å². The fraction of sp³-hybridized carbons (Fsp3) is 0.579. The Hall–Kier alpha value is -2.04. The largest absolute Gasteiger partial charge is 0.375 e. The van der Waals surface area contributed by atoms with Crippen molar-refractivity contribution in [3.63, 3.8) is 0 Å². The van der Waals surface area contributed by atoms with Gasteiger partial charge in [-0.3, -0.25) is 9.59 Å². The Kier molecular flexibility index (Phi) is 6.64. The predicted molar refractivity (Wildman–Crippen MR) is 97.3 cm³/mol. The van der Waals surface area contributed by atoms with Gasteiger partial charge in [-0.1, -0.05) is 13.3 Å². The molecule has 1 saturated heterocycles. The molecule has 5 heteroatoms. The lowest BCUT2D eigenvalue weighted by Gasteiger charge is -2.27. The number of carbonyl (C=O) groups excluding carboxylic acids is 2. The van der Waals surface area contributed by atoms with E-state index < -0.39 is 0 Å². The van der Waals surface area contributed by atoms with Crippen molar-refractivity contribution in [1.29, 1.82) is 0 Å². The summed E-state index contributed by atoms with van der Waals surface area (Å²) in [6.45, 7) is 5.75. The van der Waals surface area contributed by atoms with Crippen LogP contribution in [0.25, 0.3) is 0 Å². The Labute approximate surface area is 144 Å². The maximum atomic E-state index is 12.3. The van der Waals surface area contributed by atoms with E-state index in [-0.39, 0.29) is 23.8 Å². The van der Waals surface area contributed by atoms with Crippen LogP contribution in [0.2, 0.25) is 0 Å². The van der Waals surface area contributed by atoms with E-state index in [9.17, 15) is 9.59 Å². The van der Waals surface area contributed by atoms with Gasteiger partial charge in [0.2, 0.25) is 5.91 Å². The first-order valence-corrected chi connectivity index (χ1v) is 8.88. The second kappa shape index (κ2) is 8.71. The summed E-state index contributed by atoms with van der Waals surface area (Å²) in [5, 5.41) is 5.86. The summed E-state index contributed by atoms with van der Waals surface area (Å²) in [7, 11) is 2.07. The van der Waals surface area contributed by atoms with Crippen molar-refractivity contribution in [2.45, 2.75) is 45.6 Å². The first kappa shape index (κ1) is 18.3. The number of piperidine rings is 1. The number of anilines is 1. The van der Waals surface area contributed by atoms with Crippen molar-refractivity contribution in [3.8, 4) is 0 Å². The Bertz CT molecular complexity index is 556. The molecule has 1 aliphatic heterocycles. The van der Waals surface area contributed by atoms with Gasteiger partial charge in [-0.05, 0) is 49.9 Å². The summed E-state index contributed by atoms with van der Waals surface area (Å²) >= 11 is 0. The zero-order valence-corrected chi connectivity index (χ0v) is 15.0. The smallest absolute Gasteiger partial charge is 0.251 e. The summed E-state index contributed by atoms with van der Waals surface area (Å²) in [5.41, 5.74) is 1.79. The van der Waals surface area contributed by atoms with Crippen LogP contribution >= 0.6 is 0 Å². The quantitative estimate of drug-likeness (QED) is 0.807. The van der Waals surface area contributed by atoms with Crippen molar-refractivity contribution >= 4 is 17.5 Å². The summed E-state index contributed by atoms with van der Waals surface area (Å²) in [6.07, 6.45) is 3.73. The minimum atomic E-state index is -0.0728. The fourth-order valence-corrected chi connectivity index (χ4v) is 3.12. The van der Waals surface area contributed by atoms with Crippen molar-refractivity contribution in [1.82, 2.24) is 10.6 Å². The third-order valence-electron chi connectivity index (χ3n) is 4.54. The van der Waals surface area contributed by atoms with Gasteiger partial charge in [-0.2, -0.15) is 0 Å². The number of nitrogens with zero attached hydrogens (tertiary/aromatic N) is 1. The molecule has 1 aromatic carbocycles. The van der Waals surface area contributed by atoms with Gasteiger partial charge in [0.1, 0.15) is 0 Å². The summed E-state index contributed by atoms with van der Waals surface area (Å²) in [5.74, 6) is 0.223. The fourth-order valence-electron chi connectivity index (χ4n) is 3.12. The highest BCUT2D eigenvalue weighted by atomic mass is 16.2. The molecule has 0 unspecified atom stereocenters. The van der Waals surface area contributed by atoms with Crippen LogP contribution in [0.4, 0.5) is 5.69 Å². The number of unbranched alkanes of at least 4 members (excludes halogenated alkanes) is 1. The van der Waals surface area contributed by atoms with Crippen LogP contribution in [0.1, 0.15) is 49.9 Å². The van der Waals surface area contributed by atoms with Gasteiger partial charge < -0.3 is 15.5 Å². The number of benzene rings is 1. The molecule has 2 N–H and O–H groups in total. The van der Waals surface area contributed by atoms with Crippen molar-refractivity contribution < 1.29 is 9.59 Å². The first-order chi connectivity index (χ1) is 11.5. The standard InChI is InChI=1S/C19H29N3O2/c1-4-5-10-22(3)17-8-6-16(7-9-17)19(24)20-13-15-11-14(2)21-18(23)12-15/h6-9,14-15H,4-5,10-13H2,1-3H3,(H,20,24)(H,21,23)/t14-,15-/m0/s1. The number of carbonyl (C=O) groups is 2. The van der Waals surface area contributed by atoms with E-state index in [1.807, 2.05) is 31.2 Å². The van der Waals surface area contributed by atoms with Crippen LogP contribution in [-0.4, -0.2) is 38.0 Å². The SMILES string of the molecule is CCCCN(C)c1ccc(C(=O)NC[C@@H]2CC(=O)N[C@@H](C)C2)cc1. The molecule has 0 spiro atoms. The monoisotopic (exact) mass is 331 g/mol. The molecule has 1 fully saturated rings. The van der Waals surface area contributed by atoms with E-state index in [2.05, 4.69) is 29.5 Å². The van der Waals surface area contributed by atoms with Crippen LogP contribution in [-0.2, 0) is 4.79 Å². The highest BCUT2D eigenvalue weighted by Crippen LogP contribution is 2.17. The molecule has 2 rings (SSSR count). The van der Waals surface area contributed by atoms with E-state index in [0.29, 0.717) is 18.5 Å². The summed E-state index contributed by atoms with van der Waals surface area (Å²) < 4.78 is 0. The molecule has 24 heavy (non-hydrogen) atoms. The lowest BCUT2D eigenvalue weighted by molar-refractivity contribution is -0.124. The highest BCUT2D eigenvalue weighted by Gasteiger charge is 2.24. The van der Waals surface area contributed by atoms with Crippen LogP contribution in [0.15, 0.2) is 24.3 Å². The van der Waals surface area contributed by atoms with Gasteiger partial charge in [-0.15, -0.1) is 0 Å². The summed E-state index contributed by atoms with van der Waals surface area (Å²) in [6, 6.07) is 7.89. The molecule has 132 valence electrons. The lowest BCUT2D eigenvalue weighted by Crippen LogP contribution is -2.43. The first-order valence-electron chi connectivity index (χ1n) is 8.88. The van der Waals surface area contributed by atoms with Crippen molar-refractivity contribution in [3.05, 3.63) is 29.8 Å². The van der Waals surface area contributed by atoms with E-state index in [1.54, 1.807) is 0 Å². The minimum absolute atomic E-state index is 0.0728. The average molecular weight is 331 g/mol. The normalized spacial score (nSPS) is 20.4. The van der Waals surface area contributed by atoms with Gasteiger partial charge in [-0.25, -0.2) is 0 Å². The van der Waals surface area contributed by atoms with E-state index >= 15 is 0 Å². The predicted octanol–water partition coefficient (Wildman–Crippen LogP) is 2.57. The molecule has 0 aromatic heterocycles. The number of hydrogen-bond donors (Lipinski definition) is 2. The molecule has 2 atom stereocenters. The maximum absolute atomic E-state index is 12.3. The zero-order chi connectivity index (χ0) is 17.5. The topological polar surface area (TPSA) is 61.4 Å². The molecular weight excluding hydrogens is 302 g/mol. The van der Waals surface area contributed by atoms with Gasteiger partial charge in [0.05, 0.1) is 0 Å². The van der Waals surface area contributed by atoms with Crippen LogP contribution in [0.3, 0.4) is 0 Å². The van der Waals surface area contributed by atoms with Gasteiger partial charge >= 0.3 is 0 Å². The Morgan fingerprint density at radius 2 is 2.04 bits per heavy atom. The molecule has 0 aliphatic carbocycles. The zero-order valence-electron chi connectivity index (χ0n) is 15.0. The molecule has 5 nitrogen and oxygen atoms in total. The molecular formula is C19H29N3O2. The Balaban J connectivity index is 1.85. The molecule has 1 heterocycles. The molecule has 0 saturated carbocycles. The van der Waals surface area contributed by atoms with Crippen LogP contribution < -0.4 is 15.5 Å².